The van der Waals surface area contributed by atoms with Gasteiger partial charge in [-0.3, -0.25) is 4.79 Å². The molecule has 1 aromatic rings. The Bertz CT molecular complexity index is 558. The van der Waals surface area contributed by atoms with Crippen LogP contribution in [0.5, 0.6) is 0 Å². The van der Waals surface area contributed by atoms with Crippen molar-refractivity contribution in [3.05, 3.63) is 22.8 Å². The Hall–Kier alpha value is -1.84. The average Bonchev–Trinajstić information content (AvgIpc) is 2.51. The fourth-order valence-electron chi connectivity index (χ4n) is 2.06. The van der Waals surface area contributed by atoms with Gasteiger partial charge in [-0.05, 0) is 18.6 Å². The maximum Gasteiger partial charge on any atom is 0.254 e. The zero-order chi connectivity index (χ0) is 15.2. The molecule has 1 aliphatic rings. The second kappa shape index (κ2) is 7.25. The third kappa shape index (κ3) is 4.06. The Morgan fingerprint density at radius 2 is 2.48 bits per heavy atom. The maximum atomic E-state index is 12.5. The molecular weight excluding hydrogens is 292 g/mol. The van der Waals surface area contributed by atoms with Gasteiger partial charge in [-0.25, -0.2) is 4.98 Å². The van der Waals surface area contributed by atoms with E-state index >= 15 is 0 Å². The lowest BCUT2D eigenvalue weighted by Gasteiger charge is -2.29. The third-order valence-electron chi connectivity index (χ3n) is 3.09. The Labute approximate surface area is 128 Å². The molecule has 112 valence electrons. The molecule has 0 bridgehead atoms. The van der Waals surface area contributed by atoms with Crippen LogP contribution in [0.2, 0.25) is 5.15 Å². The van der Waals surface area contributed by atoms with E-state index in [2.05, 4.69) is 10.3 Å². The fourth-order valence-corrected chi connectivity index (χ4v) is 2.27. The second-order valence-electron chi connectivity index (χ2n) is 4.73. The molecule has 0 aromatic carbocycles. The number of anilines is 1. The summed E-state index contributed by atoms with van der Waals surface area (Å²) in [4.78, 5) is 18.2. The number of rotatable bonds is 4. The molecule has 1 saturated heterocycles. The van der Waals surface area contributed by atoms with Gasteiger partial charge < -0.3 is 15.0 Å². The molecule has 0 aliphatic carbocycles. The lowest BCUT2D eigenvalue weighted by atomic mass is 10.2. The highest BCUT2D eigenvalue weighted by Crippen LogP contribution is 2.17. The molecule has 1 N–H and O–H groups in total. The molecule has 1 amide bonds. The maximum absolute atomic E-state index is 12.5. The summed E-state index contributed by atoms with van der Waals surface area (Å²) in [6.07, 6.45) is 0.378. The van der Waals surface area contributed by atoms with E-state index in [0.717, 1.165) is 13.0 Å². The standard InChI is InChI=1S/C14H17ClN4O2/c1-2-3-17-13-7-10(6-12(15)18-13)14(20)19-4-5-21-11(8-16)9-19/h6-7,11H,2-5,9H2,1H3,(H,17,18). The predicted molar refractivity (Wildman–Crippen MR) is 79.3 cm³/mol. The molecule has 0 radical (unpaired) electrons. The number of aromatic nitrogens is 1. The largest absolute Gasteiger partial charge is 0.370 e. The van der Waals surface area contributed by atoms with Crippen molar-refractivity contribution < 1.29 is 9.53 Å². The normalized spacial score (nSPS) is 18.1. The van der Waals surface area contributed by atoms with Crippen molar-refractivity contribution in [2.24, 2.45) is 0 Å². The molecule has 1 unspecified atom stereocenters. The van der Waals surface area contributed by atoms with Gasteiger partial charge in [0.25, 0.3) is 5.91 Å². The monoisotopic (exact) mass is 308 g/mol. The number of amides is 1. The van der Waals surface area contributed by atoms with Gasteiger partial charge in [0.05, 0.1) is 19.2 Å². The van der Waals surface area contributed by atoms with E-state index in [-0.39, 0.29) is 17.6 Å². The van der Waals surface area contributed by atoms with Gasteiger partial charge in [-0.2, -0.15) is 5.26 Å². The van der Waals surface area contributed by atoms with Crippen molar-refractivity contribution in [3.8, 4) is 6.07 Å². The molecule has 0 spiro atoms. The van der Waals surface area contributed by atoms with Crippen molar-refractivity contribution in [2.45, 2.75) is 19.4 Å². The molecule has 1 atom stereocenters. The lowest BCUT2D eigenvalue weighted by Crippen LogP contribution is -2.45. The van der Waals surface area contributed by atoms with Crippen molar-refractivity contribution in [1.29, 1.82) is 5.26 Å². The third-order valence-corrected chi connectivity index (χ3v) is 3.29. The highest BCUT2D eigenvalue weighted by molar-refractivity contribution is 6.29. The predicted octanol–water partition coefficient (Wildman–Crippen LogP) is 1.92. The minimum Gasteiger partial charge on any atom is -0.370 e. The summed E-state index contributed by atoms with van der Waals surface area (Å²) in [7, 11) is 0. The minimum absolute atomic E-state index is 0.164. The van der Waals surface area contributed by atoms with Gasteiger partial charge in [0.2, 0.25) is 0 Å². The van der Waals surface area contributed by atoms with Crippen LogP contribution >= 0.6 is 11.6 Å². The molecule has 7 heteroatoms. The van der Waals surface area contributed by atoms with Crippen LogP contribution in [0.25, 0.3) is 0 Å². The van der Waals surface area contributed by atoms with E-state index in [1.165, 1.54) is 6.07 Å². The summed E-state index contributed by atoms with van der Waals surface area (Å²) in [5.74, 6) is 0.417. The van der Waals surface area contributed by atoms with Crippen molar-refractivity contribution in [1.82, 2.24) is 9.88 Å². The quantitative estimate of drug-likeness (QED) is 0.860. The van der Waals surface area contributed by atoms with Crippen LogP contribution in [-0.2, 0) is 4.74 Å². The number of morpholine rings is 1. The molecule has 0 saturated carbocycles. The summed E-state index contributed by atoms with van der Waals surface area (Å²) in [5.41, 5.74) is 0.465. The van der Waals surface area contributed by atoms with Crippen LogP contribution in [0.15, 0.2) is 12.1 Å². The Morgan fingerprint density at radius 1 is 1.67 bits per heavy atom. The Morgan fingerprint density at radius 3 is 3.19 bits per heavy atom. The molecule has 6 nitrogen and oxygen atoms in total. The van der Waals surface area contributed by atoms with Gasteiger partial charge in [-0.1, -0.05) is 18.5 Å². The van der Waals surface area contributed by atoms with Crippen LogP contribution in [0.4, 0.5) is 5.82 Å². The van der Waals surface area contributed by atoms with Crippen molar-refractivity contribution in [2.75, 3.05) is 31.6 Å². The van der Waals surface area contributed by atoms with Gasteiger partial charge in [0.1, 0.15) is 11.0 Å². The first-order valence-corrected chi connectivity index (χ1v) is 7.23. The Kier molecular flexibility index (Phi) is 5.37. The summed E-state index contributed by atoms with van der Waals surface area (Å²) < 4.78 is 5.24. The van der Waals surface area contributed by atoms with Gasteiger partial charge >= 0.3 is 0 Å². The summed E-state index contributed by atoms with van der Waals surface area (Å²) in [5, 5.41) is 12.3. The van der Waals surface area contributed by atoms with E-state index < -0.39 is 6.10 Å². The number of carbonyl (C=O) groups is 1. The number of pyridine rings is 1. The number of halogens is 1. The van der Waals surface area contributed by atoms with Crippen LogP contribution < -0.4 is 5.32 Å². The van der Waals surface area contributed by atoms with Gasteiger partial charge in [0, 0.05) is 18.7 Å². The number of carbonyl (C=O) groups excluding carboxylic acids is 1. The smallest absolute Gasteiger partial charge is 0.254 e. The number of hydrogen-bond donors (Lipinski definition) is 1. The van der Waals surface area contributed by atoms with Crippen molar-refractivity contribution in [3.63, 3.8) is 0 Å². The van der Waals surface area contributed by atoms with E-state index in [1.54, 1.807) is 11.0 Å². The van der Waals surface area contributed by atoms with Crippen LogP contribution in [-0.4, -0.2) is 48.1 Å². The van der Waals surface area contributed by atoms with Gasteiger partial charge in [-0.15, -0.1) is 0 Å². The summed E-state index contributed by atoms with van der Waals surface area (Å²) in [6, 6.07) is 5.24. The number of nitrogens with zero attached hydrogens (tertiary/aromatic N) is 3. The van der Waals surface area contributed by atoms with E-state index in [1.807, 2.05) is 13.0 Å². The number of ether oxygens (including phenoxy) is 1. The molecule has 2 heterocycles. The van der Waals surface area contributed by atoms with E-state index in [9.17, 15) is 4.79 Å². The minimum atomic E-state index is -0.572. The fraction of sp³-hybridized carbons (Fsp3) is 0.500. The number of nitrogens with one attached hydrogen (secondary N) is 1. The molecular formula is C14H17ClN4O2. The van der Waals surface area contributed by atoms with Crippen LogP contribution in [0.1, 0.15) is 23.7 Å². The summed E-state index contributed by atoms with van der Waals surface area (Å²) >= 11 is 5.97. The number of hydrogen-bond acceptors (Lipinski definition) is 5. The molecule has 2 rings (SSSR count). The second-order valence-corrected chi connectivity index (χ2v) is 5.12. The highest BCUT2D eigenvalue weighted by atomic mass is 35.5. The zero-order valence-corrected chi connectivity index (χ0v) is 12.6. The Balaban J connectivity index is 2.14. The van der Waals surface area contributed by atoms with Crippen LogP contribution in [0, 0.1) is 11.3 Å². The molecule has 1 fully saturated rings. The first kappa shape index (κ1) is 15.5. The van der Waals surface area contributed by atoms with Crippen LogP contribution in [0.3, 0.4) is 0 Å². The van der Waals surface area contributed by atoms with Gasteiger partial charge in [0.15, 0.2) is 6.10 Å². The average molecular weight is 309 g/mol. The number of nitriles is 1. The SMILES string of the molecule is CCCNc1cc(C(=O)N2CCOC(C#N)C2)cc(Cl)n1. The van der Waals surface area contributed by atoms with E-state index in [4.69, 9.17) is 21.6 Å². The molecule has 1 aromatic heterocycles. The lowest BCUT2D eigenvalue weighted by molar-refractivity contribution is 0.00347. The first-order valence-electron chi connectivity index (χ1n) is 6.86. The highest BCUT2D eigenvalue weighted by Gasteiger charge is 2.25. The van der Waals surface area contributed by atoms with E-state index in [0.29, 0.717) is 24.5 Å². The first-order chi connectivity index (χ1) is 10.1. The molecule has 21 heavy (non-hydrogen) atoms. The topological polar surface area (TPSA) is 78.3 Å². The summed E-state index contributed by atoms with van der Waals surface area (Å²) in [6.45, 7) is 3.90. The van der Waals surface area contributed by atoms with Crippen molar-refractivity contribution >= 4 is 23.3 Å². The molecule has 1 aliphatic heterocycles. The zero-order valence-electron chi connectivity index (χ0n) is 11.8.